The maximum absolute atomic E-state index is 11.9. The number of rotatable bonds is 2. The molecule has 1 atom stereocenters. The fourth-order valence-electron chi connectivity index (χ4n) is 1.98. The van der Waals surface area contributed by atoms with Gasteiger partial charge in [0.1, 0.15) is 5.25 Å². The summed E-state index contributed by atoms with van der Waals surface area (Å²) < 4.78 is 23.4. The van der Waals surface area contributed by atoms with E-state index < -0.39 is 14.3 Å². The predicted molar refractivity (Wildman–Crippen MR) is 74.4 cm³/mol. The first kappa shape index (κ1) is 13.8. The van der Waals surface area contributed by atoms with E-state index in [2.05, 4.69) is 15.9 Å². The van der Waals surface area contributed by atoms with Crippen LogP contribution in [-0.2, 0) is 13.8 Å². The molecule has 1 aliphatic heterocycles. The Bertz CT molecular complexity index is 602. The highest BCUT2D eigenvalue weighted by molar-refractivity contribution is 9.10. The molecule has 1 aromatic rings. The zero-order valence-corrected chi connectivity index (χ0v) is 12.7. The normalized spacial score (nSPS) is 20.5. The van der Waals surface area contributed by atoms with Crippen molar-refractivity contribution in [3.05, 3.63) is 28.2 Å². The van der Waals surface area contributed by atoms with Crippen LogP contribution in [0.5, 0.6) is 0 Å². The van der Waals surface area contributed by atoms with Crippen molar-refractivity contribution in [1.29, 1.82) is 0 Å². The fraction of sp³-hybridized carbons (Fsp3) is 0.364. The molecule has 1 saturated heterocycles. The van der Waals surface area contributed by atoms with Crippen LogP contribution in [0.2, 0.25) is 0 Å². The Morgan fingerprint density at radius 3 is 2.67 bits per heavy atom. The van der Waals surface area contributed by atoms with Gasteiger partial charge in [0.05, 0.1) is 0 Å². The van der Waals surface area contributed by atoms with Gasteiger partial charge < -0.3 is 4.90 Å². The minimum Gasteiger partial charge on any atom is -0.311 e. The van der Waals surface area contributed by atoms with Gasteiger partial charge in [0, 0.05) is 33.8 Å². The average molecular weight is 353 g/mol. The van der Waals surface area contributed by atoms with Gasteiger partial charge in [-0.3, -0.25) is 4.79 Å². The van der Waals surface area contributed by atoms with Gasteiger partial charge in [-0.25, -0.2) is 8.42 Å². The number of halogens is 2. The number of carbonyl (C=O) groups is 1. The van der Waals surface area contributed by atoms with Crippen LogP contribution >= 0.6 is 26.6 Å². The first-order valence-corrected chi connectivity index (χ1v) is 8.46. The molecule has 0 aromatic heterocycles. The van der Waals surface area contributed by atoms with Gasteiger partial charge in [0.15, 0.2) is 0 Å². The first-order chi connectivity index (χ1) is 8.30. The standard InChI is InChI=1S/C11H11BrClNO3S/c1-7-9(12)3-2-4-10(7)14-6-8(5-11(14)15)18(13,16)17/h2-4,8H,5-6H2,1H3. The number of hydrogen-bond donors (Lipinski definition) is 0. The van der Waals surface area contributed by atoms with Crippen molar-refractivity contribution in [2.45, 2.75) is 18.6 Å². The third-order valence-corrected chi connectivity index (χ3v) is 5.74. The minimum atomic E-state index is -3.70. The van der Waals surface area contributed by atoms with Gasteiger partial charge in [-0.05, 0) is 24.6 Å². The lowest BCUT2D eigenvalue weighted by Crippen LogP contribution is -2.27. The molecule has 1 fully saturated rings. The van der Waals surface area contributed by atoms with Gasteiger partial charge in [0.25, 0.3) is 0 Å². The molecule has 1 unspecified atom stereocenters. The van der Waals surface area contributed by atoms with E-state index in [0.717, 1.165) is 15.7 Å². The Hall–Kier alpha value is -0.590. The minimum absolute atomic E-state index is 0.0578. The summed E-state index contributed by atoms with van der Waals surface area (Å²) in [7, 11) is 1.61. The van der Waals surface area contributed by atoms with Crippen LogP contribution < -0.4 is 4.90 Å². The van der Waals surface area contributed by atoms with E-state index in [9.17, 15) is 13.2 Å². The summed E-state index contributed by atoms with van der Waals surface area (Å²) >= 11 is 3.39. The molecule has 2 rings (SSSR count). The molecule has 98 valence electrons. The molecule has 0 radical (unpaired) electrons. The molecule has 0 spiro atoms. The van der Waals surface area contributed by atoms with E-state index in [1.54, 1.807) is 6.07 Å². The number of anilines is 1. The summed E-state index contributed by atoms with van der Waals surface area (Å²) in [4.78, 5) is 13.4. The monoisotopic (exact) mass is 351 g/mol. The van der Waals surface area contributed by atoms with Crippen molar-refractivity contribution in [3.63, 3.8) is 0 Å². The van der Waals surface area contributed by atoms with Crippen molar-refractivity contribution in [2.24, 2.45) is 0 Å². The molecule has 1 aliphatic rings. The fourth-order valence-corrected chi connectivity index (χ4v) is 3.37. The molecule has 0 N–H and O–H groups in total. The average Bonchev–Trinajstić information content (AvgIpc) is 2.64. The number of nitrogens with zero attached hydrogens (tertiary/aromatic N) is 1. The Morgan fingerprint density at radius 1 is 1.44 bits per heavy atom. The van der Waals surface area contributed by atoms with Gasteiger partial charge in [-0.2, -0.15) is 0 Å². The maximum Gasteiger partial charge on any atom is 0.237 e. The molecule has 1 aromatic carbocycles. The highest BCUT2D eigenvalue weighted by atomic mass is 79.9. The summed E-state index contributed by atoms with van der Waals surface area (Å²) in [5, 5.41) is -0.829. The molecule has 0 aliphatic carbocycles. The summed E-state index contributed by atoms with van der Waals surface area (Å²) in [5.41, 5.74) is 1.62. The lowest BCUT2D eigenvalue weighted by Gasteiger charge is -2.19. The summed E-state index contributed by atoms with van der Waals surface area (Å²) in [6.45, 7) is 1.98. The van der Waals surface area contributed by atoms with E-state index in [-0.39, 0.29) is 18.9 Å². The molecule has 4 nitrogen and oxygen atoms in total. The first-order valence-electron chi connectivity index (χ1n) is 5.29. The quantitative estimate of drug-likeness (QED) is 0.768. The van der Waals surface area contributed by atoms with Gasteiger partial charge in [0.2, 0.25) is 15.0 Å². The zero-order valence-electron chi connectivity index (χ0n) is 9.56. The molecule has 18 heavy (non-hydrogen) atoms. The Kier molecular flexibility index (Phi) is 3.71. The van der Waals surface area contributed by atoms with Crippen LogP contribution in [0.25, 0.3) is 0 Å². The van der Waals surface area contributed by atoms with Crippen LogP contribution in [0.3, 0.4) is 0 Å². The smallest absolute Gasteiger partial charge is 0.237 e. The largest absolute Gasteiger partial charge is 0.311 e. The van der Waals surface area contributed by atoms with Crippen LogP contribution in [0.15, 0.2) is 22.7 Å². The second-order valence-electron chi connectivity index (χ2n) is 4.19. The van der Waals surface area contributed by atoms with Crippen LogP contribution in [-0.4, -0.2) is 26.1 Å². The van der Waals surface area contributed by atoms with Crippen LogP contribution in [0, 0.1) is 6.92 Å². The Morgan fingerprint density at radius 2 is 2.11 bits per heavy atom. The van der Waals surface area contributed by atoms with E-state index in [0.29, 0.717) is 0 Å². The second-order valence-corrected chi connectivity index (χ2v) is 7.95. The molecule has 1 amide bonds. The van der Waals surface area contributed by atoms with Crippen molar-refractivity contribution in [3.8, 4) is 0 Å². The van der Waals surface area contributed by atoms with E-state index in [4.69, 9.17) is 10.7 Å². The SMILES string of the molecule is Cc1c(Br)cccc1N1CC(S(=O)(=O)Cl)CC1=O. The van der Waals surface area contributed by atoms with Gasteiger partial charge >= 0.3 is 0 Å². The van der Waals surface area contributed by atoms with Crippen molar-refractivity contribution in [2.75, 3.05) is 11.4 Å². The molecular formula is C11H11BrClNO3S. The zero-order chi connectivity index (χ0) is 13.5. The Labute approximate surface area is 118 Å². The molecule has 7 heteroatoms. The van der Waals surface area contributed by atoms with Crippen LogP contribution in [0.1, 0.15) is 12.0 Å². The van der Waals surface area contributed by atoms with Crippen molar-refractivity contribution in [1.82, 2.24) is 0 Å². The highest BCUT2D eigenvalue weighted by Crippen LogP contribution is 2.32. The molecule has 0 bridgehead atoms. The lowest BCUT2D eigenvalue weighted by molar-refractivity contribution is -0.117. The summed E-state index contributed by atoms with van der Waals surface area (Å²) in [6, 6.07) is 5.47. The molecule has 1 heterocycles. The summed E-state index contributed by atoms with van der Waals surface area (Å²) in [5.74, 6) is -0.217. The van der Waals surface area contributed by atoms with Crippen molar-refractivity contribution >= 4 is 47.3 Å². The number of carbonyl (C=O) groups excluding carboxylic acids is 1. The van der Waals surface area contributed by atoms with E-state index in [1.807, 2.05) is 19.1 Å². The second kappa shape index (κ2) is 4.83. The molecular weight excluding hydrogens is 342 g/mol. The topological polar surface area (TPSA) is 54.5 Å². The lowest BCUT2D eigenvalue weighted by atomic mass is 10.2. The highest BCUT2D eigenvalue weighted by Gasteiger charge is 2.38. The third kappa shape index (κ3) is 2.55. The number of amides is 1. The van der Waals surface area contributed by atoms with Gasteiger partial charge in [-0.1, -0.05) is 22.0 Å². The number of hydrogen-bond acceptors (Lipinski definition) is 3. The summed E-state index contributed by atoms with van der Waals surface area (Å²) in [6.07, 6.45) is -0.0578. The van der Waals surface area contributed by atoms with E-state index >= 15 is 0 Å². The predicted octanol–water partition coefficient (Wildman–Crippen LogP) is 2.43. The molecule has 0 saturated carbocycles. The van der Waals surface area contributed by atoms with Crippen LogP contribution in [0.4, 0.5) is 5.69 Å². The Balaban J connectivity index is 2.36. The number of benzene rings is 1. The third-order valence-electron chi connectivity index (χ3n) is 3.02. The maximum atomic E-state index is 11.9. The van der Waals surface area contributed by atoms with Crippen molar-refractivity contribution < 1.29 is 13.2 Å². The van der Waals surface area contributed by atoms with Gasteiger partial charge in [-0.15, -0.1) is 0 Å². The van der Waals surface area contributed by atoms with E-state index in [1.165, 1.54) is 4.90 Å².